The molecule has 0 bridgehead atoms. The van der Waals surface area contributed by atoms with Crippen molar-refractivity contribution in [3.63, 3.8) is 0 Å². The van der Waals surface area contributed by atoms with Gasteiger partial charge in [0.25, 0.3) is 0 Å². The Bertz CT molecular complexity index is 401. The molecule has 0 N–H and O–H groups in total. The van der Waals surface area contributed by atoms with Gasteiger partial charge >= 0.3 is 28.5 Å². The van der Waals surface area contributed by atoms with Crippen LogP contribution in [0.25, 0.3) is 0 Å². The number of halogens is 5. The third kappa shape index (κ3) is 9.39. The van der Waals surface area contributed by atoms with E-state index < -0.39 is 7.25 Å². The van der Waals surface area contributed by atoms with Crippen molar-refractivity contribution < 1.29 is 38.5 Å². The molecule has 20 heavy (non-hydrogen) atoms. The molecule has 2 rings (SSSR count). The van der Waals surface area contributed by atoms with E-state index in [0.717, 1.165) is 5.92 Å². The predicted octanol–water partition coefficient (Wildman–Crippen LogP) is 2.34. The van der Waals surface area contributed by atoms with Crippen LogP contribution in [0.3, 0.4) is 0 Å². The molecule has 0 aromatic heterocycles. The van der Waals surface area contributed by atoms with E-state index in [1.165, 1.54) is 25.7 Å². The molecule has 1 saturated carbocycles. The van der Waals surface area contributed by atoms with Crippen LogP contribution in [0.1, 0.15) is 32.6 Å². The van der Waals surface area contributed by atoms with Crippen molar-refractivity contribution in [3.8, 4) is 0 Å². The number of hydrogen-bond acceptors (Lipinski definition) is 0. The number of allylic oxidation sites excluding steroid dienone is 1. The molecule has 1 fully saturated rings. The average molecular weight is 401 g/mol. The van der Waals surface area contributed by atoms with Crippen molar-refractivity contribution >= 4 is 7.25 Å². The molecule has 112 valence electrons. The fourth-order valence-corrected chi connectivity index (χ4v) is 4.12. The van der Waals surface area contributed by atoms with Crippen molar-refractivity contribution in [2.24, 2.45) is 5.92 Å². The molecule has 0 spiro atoms. The van der Waals surface area contributed by atoms with Gasteiger partial charge in [-0.1, -0.05) is 25.1 Å². The summed E-state index contributed by atoms with van der Waals surface area (Å²) >= 11 is 0.125. The van der Waals surface area contributed by atoms with E-state index >= 15 is 0 Å². The second kappa shape index (κ2) is 8.69. The maximum absolute atomic E-state index is 9.75. The highest BCUT2D eigenvalue weighted by Gasteiger charge is 2.20. The molecule has 0 radical (unpaired) electrons. The van der Waals surface area contributed by atoms with E-state index in [4.69, 9.17) is 0 Å². The maximum atomic E-state index is 9.75. The van der Waals surface area contributed by atoms with Crippen LogP contribution in [0.4, 0.5) is 17.3 Å². The molecule has 0 nitrogen and oxygen atoms in total. The van der Waals surface area contributed by atoms with Crippen molar-refractivity contribution in [2.75, 3.05) is 0 Å². The predicted molar refractivity (Wildman–Crippen MR) is 71.0 cm³/mol. The molecule has 1 aliphatic rings. The Labute approximate surface area is 128 Å². The number of benzene rings is 1. The Morgan fingerprint density at radius 2 is 1.55 bits per heavy atom. The Kier molecular flexibility index (Phi) is 7.62. The van der Waals surface area contributed by atoms with Crippen LogP contribution < -0.4 is 21.2 Å². The largest absolute Gasteiger partial charge is 0.673 e. The summed E-state index contributed by atoms with van der Waals surface area (Å²) in [5.74, 6) is 0.956. The van der Waals surface area contributed by atoms with Gasteiger partial charge in [0, 0.05) is 0 Å². The van der Waals surface area contributed by atoms with Crippen molar-refractivity contribution in [1.82, 2.24) is 0 Å². The Balaban J connectivity index is 0.000000347. The van der Waals surface area contributed by atoms with Gasteiger partial charge in [-0.2, -0.15) is 0 Å². The van der Waals surface area contributed by atoms with Gasteiger partial charge in [0.05, 0.1) is 0 Å². The van der Waals surface area contributed by atoms with Crippen molar-refractivity contribution in [3.05, 3.63) is 43.6 Å². The Morgan fingerprint density at radius 1 is 1.05 bits per heavy atom. The van der Waals surface area contributed by atoms with E-state index in [0.29, 0.717) is 0 Å². The van der Waals surface area contributed by atoms with Gasteiger partial charge in [-0.25, -0.2) is 0 Å². The van der Waals surface area contributed by atoms with Crippen LogP contribution in [-0.2, 0) is 0 Å². The lowest BCUT2D eigenvalue weighted by Gasteiger charge is -2.17. The summed E-state index contributed by atoms with van der Waals surface area (Å²) in [5, 5.41) is 0. The first kappa shape index (κ1) is 17.5. The zero-order valence-corrected chi connectivity index (χ0v) is 13.5. The third-order valence-corrected chi connectivity index (χ3v) is 5.61. The van der Waals surface area contributed by atoms with E-state index in [2.05, 4.69) is 41.3 Å². The summed E-state index contributed by atoms with van der Waals surface area (Å²) in [6.07, 6.45) is 5.52. The first-order chi connectivity index (χ1) is 9.34. The standard InChI is InChI=1S/C14H18I.BF4/c1-12-7-9-13(10-8-12)11-15-14-5-3-2-4-6-14;2-1(3,4)5/h2-6,11-12H,7-10H2,1H3;/q+1;-1/i11+1;. The molecule has 1 aromatic rings. The molecule has 6 heteroatoms. The topological polar surface area (TPSA) is 0 Å². The minimum Gasteiger partial charge on any atom is -0.418 e. The van der Waals surface area contributed by atoms with Gasteiger partial charge in [-0.15, -0.1) is 0 Å². The SMILES string of the molecule is CC1CCC(=[13CH][I+]c2ccccc2)CC1.F[B-](F)(F)F. The molecule has 1 aliphatic carbocycles. The molecule has 0 amide bonds. The highest BCUT2D eigenvalue weighted by Crippen LogP contribution is 2.26. The van der Waals surface area contributed by atoms with Crippen molar-refractivity contribution in [2.45, 2.75) is 32.6 Å². The smallest absolute Gasteiger partial charge is 0.418 e. The molecular weight excluding hydrogens is 383 g/mol. The number of rotatable bonds is 2. The van der Waals surface area contributed by atoms with E-state index in [1.54, 1.807) is 9.14 Å². The highest BCUT2D eigenvalue weighted by molar-refractivity contribution is 6.50. The zero-order chi connectivity index (χ0) is 15.0. The lowest BCUT2D eigenvalue weighted by atomic mass is 9.89. The normalized spacial score (nSPS) is 19.1. The molecule has 1 aromatic carbocycles. The van der Waals surface area contributed by atoms with Crippen molar-refractivity contribution in [1.29, 1.82) is 0 Å². The second-order valence-electron chi connectivity index (χ2n) is 4.85. The van der Waals surface area contributed by atoms with Gasteiger partial charge in [-0.05, 0) is 49.3 Å². The fourth-order valence-electron chi connectivity index (χ4n) is 1.87. The van der Waals surface area contributed by atoms with Crippen LogP contribution in [0.15, 0.2) is 40.0 Å². The number of hydrogen-bond donors (Lipinski definition) is 0. The lowest BCUT2D eigenvalue weighted by Crippen LogP contribution is -3.59. The fraction of sp³-hybridized carbons (Fsp3) is 0.429. The molecule has 0 aliphatic heterocycles. The summed E-state index contributed by atoms with van der Waals surface area (Å²) in [5.41, 5.74) is 1.73. The van der Waals surface area contributed by atoms with Gasteiger partial charge in [0.2, 0.25) is 0 Å². The summed E-state index contributed by atoms with van der Waals surface area (Å²) < 4.78 is 43.1. The average Bonchev–Trinajstić information content (AvgIpc) is 2.37. The zero-order valence-electron chi connectivity index (χ0n) is 11.3. The van der Waals surface area contributed by atoms with Crippen LogP contribution in [0.2, 0.25) is 0 Å². The Hall–Kier alpha value is -0.525. The first-order valence-corrected chi connectivity index (χ1v) is 8.90. The first-order valence-electron chi connectivity index (χ1n) is 6.58. The summed E-state index contributed by atoms with van der Waals surface area (Å²) in [6.45, 7) is 2.38. The summed E-state index contributed by atoms with van der Waals surface area (Å²) in [4.78, 5) is 0. The van der Waals surface area contributed by atoms with Gasteiger partial charge in [0.1, 0.15) is 0 Å². The minimum absolute atomic E-state index is 0.125. The molecule has 0 atom stereocenters. The minimum atomic E-state index is -6.00. The Morgan fingerprint density at radius 3 is 2.05 bits per heavy atom. The lowest BCUT2D eigenvalue weighted by molar-refractivity contribution is -0.557. The van der Waals surface area contributed by atoms with Crippen LogP contribution in [0.5, 0.6) is 0 Å². The molecule has 0 saturated heterocycles. The summed E-state index contributed by atoms with van der Waals surface area (Å²) in [6, 6.07) is 10.9. The van der Waals surface area contributed by atoms with Crippen LogP contribution >= 0.6 is 0 Å². The van der Waals surface area contributed by atoms with E-state index in [-0.39, 0.29) is 21.2 Å². The molecular formula is C14H18BF4I. The van der Waals surface area contributed by atoms with Gasteiger partial charge in [0.15, 0.2) is 7.65 Å². The monoisotopic (exact) mass is 401 g/mol. The van der Waals surface area contributed by atoms with Crippen LogP contribution in [0, 0.1) is 9.49 Å². The van der Waals surface area contributed by atoms with Gasteiger partial charge in [-0.3, -0.25) is 0 Å². The van der Waals surface area contributed by atoms with Crippen LogP contribution in [-0.4, -0.2) is 7.25 Å². The second-order valence-corrected chi connectivity index (χ2v) is 7.34. The maximum Gasteiger partial charge on any atom is 0.673 e. The highest BCUT2D eigenvalue weighted by atomic mass is 127. The third-order valence-electron chi connectivity index (χ3n) is 2.98. The molecule has 0 heterocycles. The van der Waals surface area contributed by atoms with E-state index in [9.17, 15) is 17.3 Å². The van der Waals surface area contributed by atoms with Gasteiger partial charge < -0.3 is 17.3 Å². The quantitative estimate of drug-likeness (QED) is 0.309. The summed E-state index contributed by atoms with van der Waals surface area (Å²) in [7, 11) is -6.00. The van der Waals surface area contributed by atoms with E-state index in [1.807, 2.05) is 0 Å². The molecule has 0 unspecified atom stereocenters.